The molecule has 0 saturated heterocycles. The summed E-state index contributed by atoms with van der Waals surface area (Å²) in [5.74, 6) is 0. The van der Waals surface area contributed by atoms with Crippen molar-refractivity contribution in [1.82, 2.24) is 0 Å². The molecule has 0 aliphatic carbocycles. The third kappa shape index (κ3) is 1.09. The van der Waals surface area contributed by atoms with Crippen LogP contribution < -0.4 is 0 Å². The van der Waals surface area contributed by atoms with Gasteiger partial charge in [0.1, 0.15) is 11.2 Å². The minimum Gasteiger partial charge on any atom is -0.464 e. The maximum Gasteiger partial charge on any atom is 0.143 e. The Balaban J connectivity index is 2.27. The highest BCUT2D eigenvalue weighted by molar-refractivity contribution is 6.29. The second kappa shape index (κ2) is 3.42. The average Bonchev–Trinajstić information content (AvgIpc) is 3.15. The zero-order valence-electron chi connectivity index (χ0n) is 10.6. The van der Waals surface area contributed by atoms with Crippen molar-refractivity contribution in [3.05, 3.63) is 61.1 Å². The summed E-state index contributed by atoms with van der Waals surface area (Å²) in [5.41, 5.74) is 1.83. The van der Waals surface area contributed by atoms with E-state index in [0.717, 1.165) is 27.3 Å². The van der Waals surface area contributed by atoms with Gasteiger partial charge in [0.2, 0.25) is 0 Å². The molecular weight excluding hydrogens is 248 g/mol. The molecular formula is C18H10O2. The van der Waals surface area contributed by atoms with Crippen molar-refractivity contribution in [2.24, 2.45) is 0 Å². The maximum atomic E-state index is 5.78. The molecule has 0 aliphatic heterocycles. The Bertz CT molecular complexity index is 1100. The third-order valence-electron chi connectivity index (χ3n) is 4.03. The largest absolute Gasteiger partial charge is 0.464 e. The smallest absolute Gasteiger partial charge is 0.143 e. The molecule has 20 heavy (non-hydrogen) atoms. The molecule has 2 nitrogen and oxygen atoms in total. The maximum absolute atomic E-state index is 5.78. The van der Waals surface area contributed by atoms with E-state index in [1.807, 2.05) is 18.2 Å². The zero-order valence-corrected chi connectivity index (χ0v) is 10.6. The van der Waals surface area contributed by atoms with Crippen LogP contribution in [0, 0.1) is 0 Å². The molecule has 2 aromatic heterocycles. The number of fused-ring (bicyclic) bond motifs is 8. The van der Waals surface area contributed by atoms with Gasteiger partial charge in [-0.25, -0.2) is 0 Å². The van der Waals surface area contributed by atoms with Crippen LogP contribution in [0.5, 0.6) is 0 Å². The van der Waals surface area contributed by atoms with Crippen molar-refractivity contribution >= 4 is 43.5 Å². The summed E-state index contributed by atoms with van der Waals surface area (Å²) >= 11 is 0. The van der Waals surface area contributed by atoms with Crippen molar-refractivity contribution in [2.45, 2.75) is 0 Å². The van der Waals surface area contributed by atoms with Crippen LogP contribution in [-0.2, 0) is 0 Å². The Morgan fingerprint density at radius 1 is 0.550 bits per heavy atom. The average molecular weight is 258 g/mol. The summed E-state index contributed by atoms with van der Waals surface area (Å²) in [7, 11) is 0. The van der Waals surface area contributed by atoms with Crippen molar-refractivity contribution in [3.8, 4) is 0 Å². The molecule has 0 aliphatic rings. The van der Waals surface area contributed by atoms with E-state index in [1.54, 1.807) is 12.5 Å². The molecule has 94 valence electrons. The molecule has 0 radical (unpaired) electrons. The molecule has 0 N–H and O–H groups in total. The molecule has 0 atom stereocenters. The summed E-state index contributed by atoms with van der Waals surface area (Å²) in [5, 5.41) is 7.08. The van der Waals surface area contributed by atoms with Crippen molar-refractivity contribution in [3.63, 3.8) is 0 Å². The van der Waals surface area contributed by atoms with Crippen molar-refractivity contribution in [2.75, 3.05) is 0 Å². The third-order valence-corrected chi connectivity index (χ3v) is 4.03. The lowest BCUT2D eigenvalue weighted by atomic mass is 9.97. The van der Waals surface area contributed by atoms with Crippen LogP contribution in [0.25, 0.3) is 43.5 Å². The minimum absolute atomic E-state index is 0.894. The first kappa shape index (κ1) is 10.1. The molecule has 0 amide bonds. The van der Waals surface area contributed by atoms with E-state index in [4.69, 9.17) is 8.83 Å². The second-order valence-electron chi connectivity index (χ2n) is 5.03. The van der Waals surface area contributed by atoms with E-state index in [2.05, 4.69) is 30.3 Å². The van der Waals surface area contributed by atoms with Crippen LogP contribution in [0.4, 0.5) is 0 Å². The highest BCUT2D eigenvalue weighted by atomic mass is 16.3. The van der Waals surface area contributed by atoms with Gasteiger partial charge in [0, 0.05) is 16.2 Å². The van der Waals surface area contributed by atoms with Crippen LogP contribution in [0.1, 0.15) is 0 Å². The van der Waals surface area contributed by atoms with Gasteiger partial charge >= 0.3 is 0 Å². The lowest BCUT2D eigenvalue weighted by Gasteiger charge is -2.06. The first-order chi connectivity index (χ1) is 9.93. The van der Waals surface area contributed by atoms with Gasteiger partial charge in [0.25, 0.3) is 0 Å². The Kier molecular flexibility index (Phi) is 1.73. The molecule has 5 rings (SSSR count). The Hall–Kier alpha value is -2.74. The van der Waals surface area contributed by atoms with Gasteiger partial charge in [0.15, 0.2) is 0 Å². The number of benzene rings is 3. The molecule has 2 heterocycles. The Morgan fingerprint density at radius 3 is 2.20 bits per heavy atom. The van der Waals surface area contributed by atoms with E-state index in [-0.39, 0.29) is 0 Å². The molecule has 0 saturated carbocycles. The first-order valence-corrected chi connectivity index (χ1v) is 6.61. The number of hydrogen-bond donors (Lipinski definition) is 0. The fourth-order valence-corrected chi connectivity index (χ4v) is 3.18. The fourth-order valence-electron chi connectivity index (χ4n) is 3.18. The summed E-state index contributed by atoms with van der Waals surface area (Å²) in [6, 6.07) is 16.6. The Labute approximate surface area is 114 Å². The van der Waals surface area contributed by atoms with Gasteiger partial charge in [0.05, 0.1) is 12.5 Å². The number of furan rings is 2. The molecule has 0 bridgehead atoms. The van der Waals surface area contributed by atoms with E-state index in [0.29, 0.717) is 0 Å². The van der Waals surface area contributed by atoms with Crippen LogP contribution in [0.2, 0.25) is 0 Å². The van der Waals surface area contributed by atoms with Crippen LogP contribution in [0.15, 0.2) is 69.9 Å². The summed E-state index contributed by atoms with van der Waals surface area (Å²) < 4.78 is 11.3. The number of rotatable bonds is 0. The van der Waals surface area contributed by atoms with Gasteiger partial charge in [-0.05, 0) is 40.4 Å². The van der Waals surface area contributed by atoms with Crippen LogP contribution in [0.3, 0.4) is 0 Å². The number of hydrogen-bond acceptors (Lipinski definition) is 2. The van der Waals surface area contributed by atoms with E-state index in [1.165, 1.54) is 16.2 Å². The molecule has 5 aromatic rings. The van der Waals surface area contributed by atoms with Gasteiger partial charge in [-0.2, -0.15) is 0 Å². The summed E-state index contributed by atoms with van der Waals surface area (Å²) in [6.45, 7) is 0. The van der Waals surface area contributed by atoms with Gasteiger partial charge in [-0.3, -0.25) is 0 Å². The van der Waals surface area contributed by atoms with Gasteiger partial charge < -0.3 is 8.83 Å². The zero-order chi connectivity index (χ0) is 13.1. The summed E-state index contributed by atoms with van der Waals surface area (Å²) in [6.07, 6.45) is 3.49. The van der Waals surface area contributed by atoms with Crippen LogP contribution in [-0.4, -0.2) is 0 Å². The van der Waals surface area contributed by atoms with Crippen molar-refractivity contribution < 1.29 is 8.83 Å². The fraction of sp³-hybridized carbons (Fsp3) is 0. The van der Waals surface area contributed by atoms with E-state index < -0.39 is 0 Å². The van der Waals surface area contributed by atoms with E-state index in [9.17, 15) is 0 Å². The highest BCUT2D eigenvalue weighted by Gasteiger charge is 2.13. The standard InChI is InChI=1S/C18H10O2/c1-2-4-12-11(3-1)13-5-6-16-15(8-9-19-16)17(13)18-14(12)7-10-20-18/h1-10H. The monoisotopic (exact) mass is 258 g/mol. The highest BCUT2D eigenvalue weighted by Crippen LogP contribution is 2.39. The Morgan fingerprint density at radius 2 is 1.30 bits per heavy atom. The topological polar surface area (TPSA) is 26.3 Å². The van der Waals surface area contributed by atoms with E-state index >= 15 is 0 Å². The second-order valence-corrected chi connectivity index (χ2v) is 5.03. The van der Waals surface area contributed by atoms with Crippen LogP contribution >= 0.6 is 0 Å². The van der Waals surface area contributed by atoms with Gasteiger partial charge in [-0.1, -0.05) is 24.3 Å². The minimum atomic E-state index is 0.894. The first-order valence-electron chi connectivity index (χ1n) is 6.61. The van der Waals surface area contributed by atoms with Gasteiger partial charge in [-0.15, -0.1) is 0 Å². The molecule has 0 fully saturated rings. The predicted molar refractivity (Wildman–Crippen MR) is 81.0 cm³/mol. The quantitative estimate of drug-likeness (QED) is 0.343. The molecule has 2 heteroatoms. The van der Waals surface area contributed by atoms with Crippen molar-refractivity contribution in [1.29, 1.82) is 0 Å². The lowest BCUT2D eigenvalue weighted by molar-refractivity contribution is 0.615. The lowest BCUT2D eigenvalue weighted by Crippen LogP contribution is -1.80. The summed E-state index contributed by atoms with van der Waals surface area (Å²) in [4.78, 5) is 0. The molecule has 0 spiro atoms. The normalized spacial score (nSPS) is 12.0. The predicted octanol–water partition coefficient (Wildman–Crippen LogP) is 5.49. The molecule has 3 aromatic carbocycles. The SMILES string of the molecule is c1ccc2c(c1)c1ccoc1c1c3ccoc3ccc21. The molecule has 0 unspecified atom stereocenters.